The van der Waals surface area contributed by atoms with E-state index < -0.39 is 17.6 Å². The number of alkyl halides is 3. The van der Waals surface area contributed by atoms with Gasteiger partial charge in [0.25, 0.3) is 5.56 Å². The quantitative estimate of drug-likeness (QED) is 0.900. The molecule has 4 nitrogen and oxygen atoms in total. The lowest BCUT2D eigenvalue weighted by Gasteiger charge is -2.10. The SMILES string of the molecule is Cc1cc(C)c(CNC(=O)Cc2cccc(C(F)(F)F)c2)c(=O)[nH]1. The lowest BCUT2D eigenvalue weighted by molar-refractivity contribution is -0.137. The molecule has 0 aliphatic heterocycles. The molecule has 0 atom stereocenters. The van der Waals surface area contributed by atoms with Gasteiger partial charge in [-0.2, -0.15) is 13.2 Å². The van der Waals surface area contributed by atoms with Crippen molar-refractivity contribution in [3.8, 4) is 0 Å². The highest BCUT2D eigenvalue weighted by Crippen LogP contribution is 2.29. The number of carbonyl (C=O) groups excluding carboxylic acids is 1. The van der Waals surface area contributed by atoms with Gasteiger partial charge in [-0.3, -0.25) is 9.59 Å². The number of nitrogens with one attached hydrogen (secondary N) is 2. The molecule has 2 rings (SSSR count). The fraction of sp³-hybridized carbons (Fsp3) is 0.294. The molecule has 7 heteroatoms. The number of aromatic amines is 1. The molecule has 0 saturated heterocycles. The maximum atomic E-state index is 12.7. The van der Waals surface area contributed by atoms with Crippen LogP contribution in [0, 0.1) is 13.8 Å². The van der Waals surface area contributed by atoms with Gasteiger partial charge in [-0.15, -0.1) is 0 Å². The van der Waals surface area contributed by atoms with Crippen LogP contribution in [0.3, 0.4) is 0 Å². The molecule has 128 valence electrons. The summed E-state index contributed by atoms with van der Waals surface area (Å²) >= 11 is 0. The van der Waals surface area contributed by atoms with Gasteiger partial charge >= 0.3 is 6.18 Å². The average molecular weight is 338 g/mol. The van der Waals surface area contributed by atoms with Crippen molar-refractivity contribution in [3.63, 3.8) is 0 Å². The van der Waals surface area contributed by atoms with E-state index >= 15 is 0 Å². The summed E-state index contributed by atoms with van der Waals surface area (Å²) in [7, 11) is 0. The van der Waals surface area contributed by atoms with E-state index in [0.717, 1.165) is 23.4 Å². The Labute approximate surface area is 136 Å². The summed E-state index contributed by atoms with van der Waals surface area (Å²) in [5.41, 5.74) is 1.08. The number of rotatable bonds is 4. The molecule has 2 N–H and O–H groups in total. The van der Waals surface area contributed by atoms with Crippen molar-refractivity contribution in [2.24, 2.45) is 0 Å². The zero-order valence-corrected chi connectivity index (χ0v) is 13.3. The molecule has 2 aromatic rings. The van der Waals surface area contributed by atoms with Gasteiger partial charge in [0.1, 0.15) is 0 Å². The first-order valence-electron chi connectivity index (χ1n) is 7.29. The van der Waals surface area contributed by atoms with Crippen LogP contribution in [-0.2, 0) is 23.9 Å². The number of halogens is 3. The molecule has 0 fully saturated rings. The van der Waals surface area contributed by atoms with Crippen molar-refractivity contribution in [2.75, 3.05) is 0 Å². The van der Waals surface area contributed by atoms with Gasteiger partial charge < -0.3 is 10.3 Å². The van der Waals surface area contributed by atoms with E-state index in [-0.39, 0.29) is 24.1 Å². The van der Waals surface area contributed by atoms with Crippen LogP contribution < -0.4 is 10.9 Å². The standard InChI is InChI=1S/C17H17F3N2O2/c1-10-6-11(2)22-16(24)14(10)9-21-15(23)8-12-4-3-5-13(7-12)17(18,19)20/h3-7H,8-9H2,1-2H3,(H,21,23)(H,22,24). The third-order valence-electron chi connectivity index (χ3n) is 3.58. The predicted molar refractivity (Wildman–Crippen MR) is 83.5 cm³/mol. The second kappa shape index (κ2) is 6.90. The molecule has 0 radical (unpaired) electrons. The summed E-state index contributed by atoms with van der Waals surface area (Å²) in [4.78, 5) is 26.4. The molecule has 0 aliphatic carbocycles. The van der Waals surface area contributed by atoms with Gasteiger partial charge in [0, 0.05) is 17.8 Å². The minimum absolute atomic E-state index is 0.0270. The second-order valence-electron chi connectivity index (χ2n) is 5.59. The van der Waals surface area contributed by atoms with Gasteiger partial charge in [0.05, 0.1) is 12.0 Å². The molecule has 24 heavy (non-hydrogen) atoms. The van der Waals surface area contributed by atoms with Crippen molar-refractivity contribution in [2.45, 2.75) is 33.0 Å². The van der Waals surface area contributed by atoms with E-state index in [1.54, 1.807) is 19.9 Å². The first-order valence-corrected chi connectivity index (χ1v) is 7.29. The van der Waals surface area contributed by atoms with E-state index in [1.807, 2.05) is 0 Å². The van der Waals surface area contributed by atoms with Crippen LogP contribution in [0.1, 0.15) is 27.9 Å². The summed E-state index contributed by atoms with van der Waals surface area (Å²) in [5.74, 6) is -0.450. The fourth-order valence-corrected chi connectivity index (χ4v) is 2.39. The Bertz CT molecular complexity index is 810. The molecule has 0 bridgehead atoms. The first kappa shape index (κ1) is 17.8. The molecule has 0 saturated carbocycles. The number of H-pyrrole nitrogens is 1. The molecule has 1 heterocycles. The molecule has 0 spiro atoms. The Morgan fingerprint density at radius 3 is 2.54 bits per heavy atom. The topological polar surface area (TPSA) is 62.0 Å². The van der Waals surface area contributed by atoms with E-state index in [4.69, 9.17) is 0 Å². The minimum Gasteiger partial charge on any atom is -0.352 e. The Hall–Kier alpha value is -2.57. The summed E-state index contributed by atoms with van der Waals surface area (Å²) < 4.78 is 38.0. The van der Waals surface area contributed by atoms with Crippen LogP contribution in [0.2, 0.25) is 0 Å². The highest BCUT2D eigenvalue weighted by molar-refractivity contribution is 5.78. The smallest absolute Gasteiger partial charge is 0.352 e. The maximum Gasteiger partial charge on any atom is 0.416 e. The average Bonchev–Trinajstić information content (AvgIpc) is 2.45. The number of pyridine rings is 1. The summed E-state index contributed by atoms with van der Waals surface area (Å²) in [6.07, 6.45) is -4.63. The van der Waals surface area contributed by atoms with Crippen molar-refractivity contribution >= 4 is 5.91 Å². The first-order chi connectivity index (χ1) is 11.2. The Morgan fingerprint density at radius 1 is 1.21 bits per heavy atom. The monoisotopic (exact) mass is 338 g/mol. The second-order valence-corrected chi connectivity index (χ2v) is 5.59. The molecule has 0 unspecified atom stereocenters. The lowest BCUT2D eigenvalue weighted by atomic mass is 10.1. The molecule has 0 aliphatic rings. The highest BCUT2D eigenvalue weighted by Gasteiger charge is 2.30. The molecular weight excluding hydrogens is 321 g/mol. The van der Waals surface area contributed by atoms with Crippen LogP contribution in [0.25, 0.3) is 0 Å². The van der Waals surface area contributed by atoms with Crippen LogP contribution in [-0.4, -0.2) is 10.9 Å². The van der Waals surface area contributed by atoms with E-state index in [9.17, 15) is 22.8 Å². The van der Waals surface area contributed by atoms with E-state index in [1.165, 1.54) is 12.1 Å². The van der Waals surface area contributed by atoms with Gasteiger partial charge in [-0.05, 0) is 37.1 Å². The molecule has 1 aromatic heterocycles. The van der Waals surface area contributed by atoms with Crippen molar-refractivity contribution < 1.29 is 18.0 Å². The van der Waals surface area contributed by atoms with Crippen molar-refractivity contribution in [1.82, 2.24) is 10.3 Å². The third kappa shape index (κ3) is 4.47. The largest absolute Gasteiger partial charge is 0.416 e. The number of aromatic nitrogens is 1. The normalized spacial score (nSPS) is 11.4. The summed E-state index contributed by atoms with van der Waals surface area (Å²) in [6, 6.07) is 6.41. The summed E-state index contributed by atoms with van der Waals surface area (Å²) in [6.45, 7) is 3.54. The Balaban J connectivity index is 2.04. The van der Waals surface area contributed by atoms with Gasteiger partial charge in [-0.1, -0.05) is 18.2 Å². The maximum absolute atomic E-state index is 12.7. The van der Waals surface area contributed by atoms with Gasteiger partial charge in [0.2, 0.25) is 5.91 Å². The van der Waals surface area contributed by atoms with E-state index in [0.29, 0.717) is 5.56 Å². The Kier molecular flexibility index (Phi) is 5.11. The highest BCUT2D eigenvalue weighted by atomic mass is 19.4. The fourth-order valence-electron chi connectivity index (χ4n) is 2.39. The number of hydrogen-bond donors (Lipinski definition) is 2. The molecular formula is C17H17F3N2O2. The molecule has 1 amide bonds. The van der Waals surface area contributed by atoms with Crippen LogP contribution in [0.5, 0.6) is 0 Å². The van der Waals surface area contributed by atoms with Gasteiger partial charge in [-0.25, -0.2) is 0 Å². The molecule has 1 aromatic carbocycles. The van der Waals surface area contributed by atoms with Crippen molar-refractivity contribution in [1.29, 1.82) is 0 Å². The number of benzene rings is 1. The Morgan fingerprint density at radius 2 is 1.92 bits per heavy atom. The predicted octanol–water partition coefficient (Wildman–Crippen LogP) is 2.87. The van der Waals surface area contributed by atoms with Crippen molar-refractivity contribution in [3.05, 3.63) is 68.6 Å². The number of aryl methyl sites for hydroxylation is 2. The lowest BCUT2D eigenvalue weighted by Crippen LogP contribution is -2.29. The van der Waals surface area contributed by atoms with E-state index in [2.05, 4.69) is 10.3 Å². The van der Waals surface area contributed by atoms with Crippen LogP contribution in [0.4, 0.5) is 13.2 Å². The zero-order valence-electron chi connectivity index (χ0n) is 13.3. The van der Waals surface area contributed by atoms with Gasteiger partial charge in [0.15, 0.2) is 0 Å². The number of hydrogen-bond acceptors (Lipinski definition) is 2. The third-order valence-corrected chi connectivity index (χ3v) is 3.58. The zero-order chi connectivity index (χ0) is 17.9. The number of amides is 1. The number of carbonyl (C=O) groups is 1. The summed E-state index contributed by atoms with van der Waals surface area (Å²) in [5, 5.41) is 2.57. The minimum atomic E-state index is -4.45. The van der Waals surface area contributed by atoms with Crippen LogP contribution in [0.15, 0.2) is 35.1 Å². The van der Waals surface area contributed by atoms with Crippen LogP contribution >= 0.6 is 0 Å².